The zero-order valence-corrected chi connectivity index (χ0v) is 20.9. The number of pyridine rings is 2. The third kappa shape index (κ3) is 4.93. The number of fused-ring (bicyclic) bond motifs is 3. The van der Waals surface area contributed by atoms with Gasteiger partial charge in [0.2, 0.25) is 0 Å². The number of halogens is 3. The molecule has 8 nitrogen and oxygen atoms in total. The van der Waals surface area contributed by atoms with Gasteiger partial charge in [-0.1, -0.05) is 6.07 Å². The number of ether oxygens (including phenoxy) is 1. The second-order valence-electron chi connectivity index (χ2n) is 9.27. The molecule has 0 bridgehead atoms. The molecule has 0 saturated carbocycles. The number of rotatable bonds is 4. The highest BCUT2D eigenvalue weighted by Gasteiger charge is 2.35. The Labute approximate surface area is 217 Å². The summed E-state index contributed by atoms with van der Waals surface area (Å²) in [6.45, 7) is 6.65. The van der Waals surface area contributed by atoms with Crippen LogP contribution < -0.4 is 10.2 Å². The minimum Gasteiger partial charge on any atom is -0.377 e. The lowest BCUT2D eigenvalue weighted by Crippen LogP contribution is -2.50. The largest absolute Gasteiger partial charge is 0.433 e. The molecule has 1 aromatic carbocycles. The van der Waals surface area contributed by atoms with Crippen molar-refractivity contribution in [3.8, 4) is 11.1 Å². The first-order valence-electron chi connectivity index (χ1n) is 12.2. The van der Waals surface area contributed by atoms with Crippen molar-refractivity contribution in [1.29, 1.82) is 0 Å². The summed E-state index contributed by atoms with van der Waals surface area (Å²) >= 11 is 0. The standard InChI is InChI=1S/C27H26F3N5O3/c1-3-34-14-20-15-38-9-8-35(20)22-10-18(13-32-24(22)26(34)37)21-12-19(5-4-16(21)2)33-25(36)17-6-7-31-23(11-17)27(28,29)30/h4-7,10-13,20H,3,8-9,14-15H2,1-2H3,(H,33,36)/t20-/m1/s1. The SMILES string of the molecule is CCN1C[C@@H]2COCCN2c2cc(-c3cc(NC(=O)c4ccnc(C(F)(F)F)c4)ccc3C)cnc2C1=O. The van der Waals surface area contributed by atoms with Gasteiger partial charge in [-0.2, -0.15) is 13.2 Å². The molecule has 3 aromatic rings. The van der Waals surface area contributed by atoms with Crippen molar-refractivity contribution in [3.05, 3.63) is 71.3 Å². The summed E-state index contributed by atoms with van der Waals surface area (Å²) in [6.07, 6.45) is -2.06. The number of carbonyl (C=O) groups excluding carboxylic acids is 2. The number of aromatic nitrogens is 2. The summed E-state index contributed by atoms with van der Waals surface area (Å²) in [5.41, 5.74) is 2.68. The molecule has 2 aliphatic rings. The summed E-state index contributed by atoms with van der Waals surface area (Å²) in [4.78, 5) is 37.7. The number of hydrogen-bond acceptors (Lipinski definition) is 6. The summed E-state index contributed by atoms with van der Waals surface area (Å²) < 4.78 is 44.8. The molecule has 5 rings (SSSR count). The van der Waals surface area contributed by atoms with E-state index in [1.54, 1.807) is 23.2 Å². The molecule has 4 heterocycles. The van der Waals surface area contributed by atoms with E-state index < -0.39 is 17.8 Å². The number of carbonyl (C=O) groups is 2. The Balaban J connectivity index is 1.47. The summed E-state index contributed by atoms with van der Waals surface area (Å²) in [6, 6.07) is 9.13. The van der Waals surface area contributed by atoms with E-state index in [9.17, 15) is 22.8 Å². The quantitative estimate of drug-likeness (QED) is 0.543. The number of nitrogens with zero attached hydrogens (tertiary/aromatic N) is 4. The van der Waals surface area contributed by atoms with E-state index >= 15 is 0 Å². The van der Waals surface area contributed by atoms with Crippen molar-refractivity contribution in [2.45, 2.75) is 26.1 Å². The van der Waals surface area contributed by atoms with Crippen molar-refractivity contribution in [3.63, 3.8) is 0 Å². The summed E-state index contributed by atoms with van der Waals surface area (Å²) in [7, 11) is 0. The molecule has 1 saturated heterocycles. The molecule has 0 radical (unpaired) electrons. The van der Waals surface area contributed by atoms with Gasteiger partial charge in [-0.25, -0.2) is 4.98 Å². The van der Waals surface area contributed by atoms with E-state index in [1.807, 2.05) is 26.0 Å². The topological polar surface area (TPSA) is 87.7 Å². The van der Waals surface area contributed by atoms with Gasteiger partial charge in [0.1, 0.15) is 5.69 Å². The maximum atomic E-state index is 13.2. The van der Waals surface area contributed by atoms with E-state index in [2.05, 4.69) is 20.2 Å². The zero-order valence-electron chi connectivity index (χ0n) is 20.9. The number of amides is 2. The van der Waals surface area contributed by atoms with Gasteiger partial charge in [0.25, 0.3) is 11.8 Å². The third-order valence-electron chi connectivity index (χ3n) is 6.83. The van der Waals surface area contributed by atoms with E-state index in [1.165, 1.54) is 6.07 Å². The molecular weight excluding hydrogens is 499 g/mol. The number of benzene rings is 1. The highest BCUT2D eigenvalue weighted by molar-refractivity contribution is 6.04. The monoisotopic (exact) mass is 525 g/mol. The minimum atomic E-state index is -4.65. The van der Waals surface area contributed by atoms with Crippen molar-refractivity contribution in [1.82, 2.24) is 14.9 Å². The Morgan fingerprint density at radius 1 is 1.18 bits per heavy atom. The van der Waals surface area contributed by atoms with Gasteiger partial charge in [-0.15, -0.1) is 0 Å². The van der Waals surface area contributed by atoms with Crippen LogP contribution in [-0.2, 0) is 10.9 Å². The molecule has 198 valence electrons. The van der Waals surface area contributed by atoms with Gasteiger partial charge < -0.3 is 19.9 Å². The number of hydrogen-bond donors (Lipinski definition) is 1. The van der Waals surface area contributed by atoms with Gasteiger partial charge in [-0.3, -0.25) is 14.6 Å². The Kier molecular flexibility index (Phi) is 6.78. The summed E-state index contributed by atoms with van der Waals surface area (Å²) in [5, 5.41) is 2.67. The van der Waals surface area contributed by atoms with Crippen LogP contribution >= 0.6 is 0 Å². The van der Waals surface area contributed by atoms with Gasteiger partial charge in [-0.05, 0) is 55.3 Å². The molecule has 2 aromatic heterocycles. The van der Waals surface area contributed by atoms with Crippen LogP contribution in [-0.4, -0.2) is 65.6 Å². The van der Waals surface area contributed by atoms with Crippen molar-refractivity contribution >= 4 is 23.2 Å². The molecule has 0 spiro atoms. The first-order valence-corrected chi connectivity index (χ1v) is 12.2. The average Bonchev–Trinajstić information content (AvgIpc) is 3.03. The fraction of sp³-hybridized carbons (Fsp3) is 0.333. The number of alkyl halides is 3. The van der Waals surface area contributed by atoms with Gasteiger partial charge in [0.15, 0.2) is 5.69 Å². The Morgan fingerprint density at radius 2 is 2.00 bits per heavy atom. The molecule has 0 unspecified atom stereocenters. The average molecular weight is 526 g/mol. The Bertz CT molecular complexity index is 1390. The number of likely N-dealkylation sites (N-methyl/N-ethyl adjacent to an activating group) is 1. The van der Waals surface area contributed by atoms with Gasteiger partial charge in [0.05, 0.1) is 24.9 Å². The zero-order chi connectivity index (χ0) is 27.0. The molecule has 2 aliphatic heterocycles. The molecule has 1 N–H and O–H groups in total. The van der Waals surface area contributed by atoms with Crippen molar-refractivity contribution in [2.75, 3.05) is 43.1 Å². The lowest BCUT2D eigenvalue weighted by atomic mass is 9.99. The van der Waals surface area contributed by atoms with E-state index in [0.717, 1.165) is 34.6 Å². The molecular formula is C27H26F3N5O3. The lowest BCUT2D eigenvalue weighted by molar-refractivity contribution is -0.141. The Hall–Kier alpha value is -3.99. The maximum absolute atomic E-state index is 13.2. The highest BCUT2D eigenvalue weighted by atomic mass is 19.4. The normalized spacial score (nSPS) is 17.5. The summed E-state index contributed by atoms with van der Waals surface area (Å²) in [5.74, 6) is -0.814. The fourth-order valence-electron chi connectivity index (χ4n) is 4.81. The van der Waals surface area contributed by atoms with Crippen molar-refractivity contribution in [2.24, 2.45) is 0 Å². The molecule has 1 fully saturated rings. The Morgan fingerprint density at radius 3 is 2.76 bits per heavy atom. The minimum absolute atomic E-state index is 0.0135. The second kappa shape index (κ2) is 10.1. The van der Waals surface area contributed by atoms with Crippen LogP contribution in [0.4, 0.5) is 24.5 Å². The number of aryl methyl sites for hydroxylation is 1. The van der Waals surface area contributed by atoms with Gasteiger partial charge >= 0.3 is 6.18 Å². The van der Waals surface area contributed by atoms with Crippen LogP contribution in [0.15, 0.2) is 48.8 Å². The van der Waals surface area contributed by atoms with E-state index in [4.69, 9.17) is 4.74 Å². The number of nitrogens with one attached hydrogen (secondary N) is 1. The highest BCUT2D eigenvalue weighted by Crippen LogP contribution is 2.34. The third-order valence-corrected chi connectivity index (χ3v) is 6.83. The van der Waals surface area contributed by atoms with Crippen LogP contribution in [0.1, 0.15) is 39.0 Å². The van der Waals surface area contributed by atoms with E-state index in [0.29, 0.717) is 44.2 Å². The fourth-order valence-corrected chi connectivity index (χ4v) is 4.81. The second-order valence-corrected chi connectivity index (χ2v) is 9.27. The first kappa shape index (κ1) is 25.7. The molecule has 11 heteroatoms. The lowest BCUT2D eigenvalue weighted by Gasteiger charge is -2.37. The molecule has 2 amide bonds. The van der Waals surface area contributed by atoms with Crippen LogP contribution in [0.25, 0.3) is 11.1 Å². The molecule has 38 heavy (non-hydrogen) atoms. The first-order chi connectivity index (χ1) is 18.2. The van der Waals surface area contributed by atoms with E-state index in [-0.39, 0.29) is 17.5 Å². The van der Waals surface area contributed by atoms with Crippen LogP contribution in [0.5, 0.6) is 0 Å². The predicted molar refractivity (Wildman–Crippen MR) is 135 cm³/mol. The van der Waals surface area contributed by atoms with Gasteiger partial charge in [0, 0.05) is 48.8 Å². The van der Waals surface area contributed by atoms with Crippen LogP contribution in [0.3, 0.4) is 0 Å². The molecule has 1 atom stereocenters. The van der Waals surface area contributed by atoms with Crippen LogP contribution in [0.2, 0.25) is 0 Å². The number of anilines is 2. The van der Waals surface area contributed by atoms with Crippen molar-refractivity contribution < 1.29 is 27.5 Å². The smallest absolute Gasteiger partial charge is 0.377 e. The number of morpholine rings is 1. The maximum Gasteiger partial charge on any atom is 0.433 e. The predicted octanol–water partition coefficient (Wildman–Crippen LogP) is 4.40. The van der Waals surface area contributed by atoms with Crippen LogP contribution in [0, 0.1) is 6.92 Å². The molecule has 0 aliphatic carbocycles.